The molecular formula is C16H21ClN2O3. The number of carbonyl (C=O) groups excluding carboxylic acids is 2. The molecule has 2 saturated heterocycles. The second kappa shape index (κ2) is 6.16. The first-order chi connectivity index (χ1) is 10.3. The number of likely N-dealkylation sites (tertiary alicyclic amines) is 2. The first-order valence-corrected chi connectivity index (χ1v) is 7.56. The van der Waals surface area contributed by atoms with Gasteiger partial charge in [-0.15, -0.1) is 0 Å². The number of hydrogen-bond donors (Lipinski definition) is 0. The molecule has 0 aromatic heterocycles. The minimum Gasteiger partial charge on any atom is -0.453 e. The normalized spacial score (nSPS) is 28.0. The molecule has 2 amide bonds. The van der Waals surface area contributed by atoms with E-state index in [0.717, 1.165) is 17.7 Å². The van der Waals surface area contributed by atoms with Crippen molar-refractivity contribution in [3.05, 3.63) is 35.0 Å². The van der Waals surface area contributed by atoms with Gasteiger partial charge in [0, 0.05) is 42.7 Å². The zero-order valence-electron chi connectivity index (χ0n) is 13.2. The molecule has 2 fully saturated rings. The Hall–Kier alpha value is -1.75. The maximum absolute atomic E-state index is 12.0. The molecular weight excluding hydrogens is 304 g/mol. The molecule has 2 rings (SSSR count). The van der Waals surface area contributed by atoms with Gasteiger partial charge >= 0.3 is 6.09 Å². The summed E-state index contributed by atoms with van der Waals surface area (Å²) < 4.78 is 4.81. The van der Waals surface area contributed by atoms with E-state index in [1.165, 1.54) is 7.11 Å². The van der Waals surface area contributed by atoms with Crippen LogP contribution in [0.3, 0.4) is 0 Å². The molecule has 120 valence electrons. The fourth-order valence-electron chi connectivity index (χ4n) is 3.37. The van der Waals surface area contributed by atoms with Gasteiger partial charge in [-0.05, 0) is 25.0 Å². The summed E-state index contributed by atoms with van der Waals surface area (Å²) >= 11 is 5.99. The quantitative estimate of drug-likeness (QED) is 0.745. The van der Waals surface area contributed by atoms with Gasteiger partial charge in [0.2, 0.25) is 5.91 Å². The Bertz CT molecular complexity index is 582. The fourth-order valence-corrected chi connectivity index (χ4v) is 3.48. The summed E-state index contributed by atoms with van der Waals surface area (Å²) in [4.78, 5) is 27.2. The first kappa shape index (κ1) is 16.6. The standard InChI is InChI=1S/C16H21ClN2O3/c1-5-14-13(8-11(2)17)16(10-19(14)12(3)20)6-7-18(9-16)15(21)22-4/h5,8H,2,6-7,9-10H2,1,3-4H3/b13-8?,14-5+. The summed E-state index contributed by atoms with van der Waals surface area (Å²) in [5.41, 5.74) is 1.51. The van der Waals surface area contributed by atoms with Crippen LogP contribution in [-0.2, 0) is 9.53 Å². The minimum atomic E-state index is -0.343. The summed E-state index contributed by atoms with van der Waals surface area (Å²) in [6.45, 7) is 8.83. The van der Waals surface area contributed by atoms with Gasteiger partial charge in [-0.1, -0.05) is 24.3 Å². The van der Waals surface area contributed by atoms with E-state index in [1.807, 2.05) is 13.0 Å². The molecule has 2 aliphatic heterocycles. The average molecular weight is 325 g/mol. The van der Waals surface area contributed by atoms with Gasteiger partial charge in [-0.2, -0.15) is 0 Å². The average Bonchev–Trinajstić information content (AvgIpc) is 3.01. The van der Waals surface area contributed by atoms with Crippen molar-refractivity contribution in [2.24, 2.45) is 5.41 Å². The highest BCUT2D eigenvalue weighted by Crippen LogP contribution is 2.49. The van der Waals surface area contributed by atoms with E-state index in [4.69, 9.17) is 16.3 Å². The van der Waals surface area contributed by atoms with Gasteiger partial charge < -0.3 is 14.5 Å². The molecule has 0 aliphatic carbocycles. The number of nitrogens with zero attached hydrogens (tertiary/aromatic N) is 2. The van der Waals surface area contributed by atoms with Crippen LogP contribution >= 0.6 is 11.6 Å². The Balaban J connectivity index is 2.43. The zero-order valence-corrected chi connectivity index (χ0v) is 13.9. The SMILES string of the molecule is C=C(Cl)C=C1/C(=C\C)N(C(C)=O)CC12CCN(C(=O)OC)C2. The van der Waals surface area contributed by atoms with E-state index in [-0.39, 0.29) is 17.4 Å². The van der Waals surface area contributed by atoms with Crippen molar-refractivity contribution in [2.45, 2.75) is 20.3 Å². The number of halogens is 1. The molecule has 0 bridgehead atoms. The van der Waals surface area contributed by atoms with Crippen molar-refractivity contribution in [1.82, 2.24) is 9.80 Å². The lowest BCUT2D eigenvalue weighted by molar-refractivity contribution is -0.126. The maximum atomic E-state index is 12.0. The maximum Gasteiger partial charge on any atom is 0.409 e. The predicted molar refractivity (Wildman–Crippen MR) is 85.2 cm³/mol. The molecule has 1 spiro atoms. The molecule has 0 aromatic rings. The number of carbonyl (C=O) groups is 2. The molecule has 2 heterocycles. The number of methoxy groups -OCH3 is 1. The Morgan fingerprint density at radius 1 is 1.41 bits per heavy atom. The largest absolute Gasteiger partial charge is 0.453 e. The van der Waals surface area contributed by atoms with E-state index < -0.39 is 0 Å². The number of amides is 2. The molecule has 2 aliphatic rings. The lowest BCUT2D eigenvalue weighted by atomic mass is 9.80. The molecule has 1 atom stereocenters. The Morgan fingerprint density at radius 3 is 2.59 bits per heavy atom. The van der Waals surface area contributed by atoms with Crippen molar-refractivity contribution in [1.29, 1.82) is 0 Å². The third kappa shape index (κ3) is 2.77. The van der Waals surface area contributed by atoms with Gasteiger partial charge in [-0.25, -0.2) is 4.79 Å². The van der Waals surface area contributed by atoms with Crippen molar-refractivity contribution in [2.75, 3.05) is 26.7 Å². The lowest BCUT2D eigenvalue weighted by Crippen LogP contribution is -2.35. The molecule has 22 heavy (non-hydrogen) atoms. The minimum absolute atomic E-state index is 0.0208. The van der Waals surface area contributed by atoms with Crippen LogP contribution in [0.5, 0.6) is 0 Å². The Kier molecular flexibility index (Phi) is 4.66. The van der Waals surface area contributed by atoms with Gasteiger partial charge in [0.05, 0.1) is 7.11 Å². The van der Waals surface area contributed by atoms with E-state index in [0.29, 0.717) is 24.7 Å². The van der Waals surface area contributed by atoms with E-state index in [1.54, 1.807) is 22.8 Å². The van der Waals surface area contributed by atoms with Crippen LogP contribution in [0.15, 0.2) is 35.0 Å². The zero-order chi connectivity index (χ0) is 16.5. The highest BCUT2D eigenvalue weighted by molar-refractivity contribution is 6.30. The van der Waals surface area contributed by atoms with Crippen LogP contribution in [0.1, 0.15) is 20.3 Å². The van der Waals surface area contributed by atoms with Gasteiger partial charge in [0.25, 0.3) is 0 Å². The Morgan fingerprint density at radius 2 is 2.09 bits per heavy atom. The van der Waals surface area contributed by atoms with Crippen molar-refractivity contribution < 1.29 is 14.3 Å². The second-order valence-electron chi connectivity index (χ2n) is 5.71. The van der Waals surface area contributed by atoms with E-state index in [9.17, 15) is 9.59 Å². The Labute approximate surface area is 135 Å². The highest BCUT2D eigenvalue weighted by atomic mass is 35.5. The smallest absolute Gasteiger partial charge is 0.409 e. The van der Waals surface area contributed by atoms with Crippen LogP contribution in [0, 0.1) is 5.41 Å². The fraction of sp³-hybridized carbons (Fsp3) is 0.500. The van der Waals surface area contributed by atoms with Crippen LogP contribution in [0.4, 0.5) is 4.79 Å². The molecule has 0 aromatic carbocycles. The second-order valence-corrected chi connectivity index (χ2v) is 6.19. The number of ether oxygens (including phenoxy) is 1. The highest BCUT2D eigenvalue weighted by Gasteiger charge is 2.51. The lowest BCUT2D eigenvalue weighted by Gasteiger charge is -2.24. The van der Waals surface area contributed by atoms with Crippen LogP contribution in [0.25, 0.3) is 0 Å². The number of hydrogen-bond acceptors (Lipinski definition) is 3. The monoisotopic (exact) mass is 324 g/mol. The number of rotatable bonds is 1. The molecule has 1 unspecified atom stereocenters. The predicted octanol–water partition coefficient (Wildman–Crippen LogP) is 2.89. The molecule has 0 N–H and O–H groups in total. The van der Waals surface area contributed by atoms with Crippen molar-refractivity contribution in [3.8, 4) is 0 Å². The van der Waals surface area contributed by atoms with Gasteiger partial charge in [-0.3, -0.25) is 4.79 Å². The van der Waals surface area contributed by atoms with Gasteiger partial charge in [0.1, 0.15) is 0 Å². The van der Waals surface area contributed by atoms with E-state index in [2.05, 4.69) is 6.58 Å². The molecule has 0 radical (unpaired) electrons. The molecule has 0 saturated carbocycles. The summed E-state index contributed by atoms with van der Waals surface area (Å²) in [7, 11) is 1.37. The number of allylic oxidation sites excluding steroid dienone is 4. The molecule has 5 nitrogen and oxygen atoms in total. The summed E-state index contributed by atoms with van der Waals surface area (Å²) in [5, 5.41) is 0.413. The topological polar surface area (TPSA) is 49.9 Å². The van der Waals surface area contributed by atoms with E-state index >= 15 is 0 Å². The van der Waals surface area contributed by atoms with Crippen LogP contribution in [0.2, 0.25) is 0 Å². The summed E-state index contributed by atoms with van der Waals surface area (Å²) in [6, 6.07) is 0. The van der Waals surface area contributed by atoms with Crippen LogP contribution in [-0.4, -0.2) is 48.5 Å². The summed E-state index contributed by atoms with van der Waals surface area (Å²) in [5.74, 6) is -0.0208. The van der Waals surface area contributed by atoms with Crippen molar-refractivity contribution >= 4 is 23.6 Å². The first-order valence-electron chi connectivity index (χ1n) is 7.19. The third-order valence-electron chi connectivity index (χ3n) is 4.34. The third-order valence-corrected chi connectivity index (χ3v) is 4.45. The molecule has 6 heteroatoms. The van der Waals surface area contributed by atoms with Gasteiger partial charge in [0.15, 0.2) is 0 Å². The van der Waals surface area contributed by atoms with Crippen molar-refractivity contribution in [3.63, 3.8) is 0 Å². The summed E-state index contributed by atoms with van der Waals surface area (Å²) in [6.07, 6.45) is 4.13. The van der Waals surface area contributed by atoms with Crippen LogP contribution < -0.4 is 0 Å².